The highest BCUT2D eigenvalue weighted by molar-refractivity contribution is 6.33. The van der Waals surface area contributed by atoms with Gasteiger partial charge in [-0.05, 0) is 31.9 Å². The van der Waals surface area contributed by atoms with Crippen molar-refractivity contribution in [1.82, 2.24) is 0 Å². The molecule has 2 atom stereocenters. The van der Waals surface area contributed by atoms with Crippen LogP contribution in [-0.4, -0.2) is 43.9 Å². The topological polar surface area (TPSA) is 48.0 Å². The lowest BCUT2D eigenvalue weighted by atomic mass is 10.2. The Hall–Kier alpha value is -1.35. The fourth-order valence-corrected chi connectivity index (χ4v) is 2.99. The lowest BCUT2D eigenvalue weighted by Gasteiger charge is -2.34. The number of carbonyl (C=O) groups is 1. The van der Waals surface area contributed by atoms with E-state index < -0.39 is 31.0 Å². The van der Waals surface area contributed by atoms with Crippen molar-refractivity contribution >= 4 is 23.2 Å². The van der Waals surface area contributed by atoms with E-state index in [1.165, 1.54) is 13.8 Å². The van der Waals surface area contributed by atoms with Crippen LogP contribution in [0.2, 0.25) is 5.02 Å². The first-order valence-electron chi connectivity index (χ1n) is 8.58. The minimum atomic E-state index is -4.50. The summed E-state index contributed by atoms with van der Waals surface area (Å²) in [7, 11) is 0. The molecule has 1 aromatic carbocycles. The standard InChI is InChI=1S/C18H23ClF3NO4/c1-13(24)23(16-8-4-3-7-15(16)19)12-27-17(2,11-18(20,21)22)26-10-14-6-5-9-25-14/h3-4,7-8,14H,5-6,9-12H2,1-2H3. The maximum atomic E-state index is 13.0. The second kappa shape index (κ2) is 9.23. The van der Waals surface area contributed by atoms with Crippen LogP contribution in [0.1, 0.15) is 33.1 Å². The average Bonchev–Trinajstić information content (AvgIpc) is 3.06. The van der Waals surface area contributed by atoms with E-state index in [2.05, 4.69) is 0 Å². The number of amides is 1. The Morgan fingerprint density at radius 1 is 1.33 bits per heavy atom. The number of nitrogens with zero attached hydrogens (tertiary/aromatic N) is 1. The predicted molar refractivity (Wildman–Crippen MR) is 94.6 cm³/mol. The summed E-state index contributed by atoms with van der Waals surface area (Å²) in [4.78, 5) is 13.1. The van der Waals surface area contributed by atoms with E-state index in [0.29, 0.717) is 12.3 Å². The van der Waals surface area contributed by atoms with Crippen molar-refractivity contribution in [2.24, 2.45) is 0 Å². The summed E-state index contributed by atoms with van der Waals surface area (Å²) in [5.74, 6) is -2.38. The van der Waals surface area contributed by atoms with Crippen LogP contribution < -0.4 is 4.90 Å². The summed E-state index contributed by atoms with van der Waals surface area (Å²) < 4.78 is 55.4. The Morgan fingerprint density at radius 2 is 2.04 bits per heavy atom. The third kappa shape index (κ3) is 6.95. The predicted octanol–water partition coefficient (Wildman–Crippen LogP) is 4.53. The van der Waals surface area contributed by atoms with Crippen molar-refractivity contribution in [3.05, 3.63) is 29.3 Å². The van der Waals surface area contributed by atoms with Gasteiger partial charge in [-0.1, -0.05) is 23.7 Å². The zero-order valence-corrected chi connectivity index (χ0v) is 16.0. The molecule has 0 aromatic heterocycles. The summed E-state index contributed by atoms with van der Waals surface area (Å²) in [6, 6.07) is 6.51. The summed E-state index contributed by atoms with van der Waals surface area (Å²) in [6.45, 7) is 2.60. The van der Waals surface area contributed by atoms with Gasteiger partial charge in [-0.3, -0.25) is 9.69 Å². The number of ether oxygens (including phenoxy) is 3. The van der Waals surface area contributed by atoms with Gasteiger partial charge in [-0.15, -0.1) is 0 Å². The van der Waals surface area contributed by atoms with Crippen LogP contribution in [0, 0.1) is 0 Å². The van der Waals surface area contributed by atoms with E-state index in [1.54, 1.807) is 24.3 Å². The highest BCUT2D eigenvalue weighted by Gasteiger charge is 2.42. The molecule has 2 rings (SSSR count). The summed E-state index contributed by atoms with van der Waals surface area (Å²) in [5, 5.41) is 0.286. The van der Waals surface area contributed by atoms with Crippen molar-refractivity contribution < 1.29 is 32.2 Å². The molecule has 1 saturated heterocycles. The monoisotopic (exact) mass is 409 g/mol. The first-order valence-corrected chi connectivity index (χ1v) is 8.96. The lowest BCUT2D eigenvalue weighted by Crippen LogP contribution is -2.43. The quantitative estimate of drug-likeness (QED) is 0.592. The van der Waals surface area contributed by atoms with Gasteiger partial charge in [0.25, 0.3) is 0 Å². The van der Waals surface area contributed by atoms with E-state index in [4.69, 9.17) is 25.8 Å². The molecule has 0 spiro atoms. The lowest BCUT2D eigenvalue weighted by molar-refractivity contribution is -0.284. The van der Waals surface area contributed by atoms with Gasteiger partial charge in [-0.25, -0.2) is 0 Å². The molecule has 1 aliphatic rings. The Kier molecular flexibility index (Phi) is 7.50. The van der Waals surface area contributed by atoms with Gasteiger partial charge < -0.3 is 14.2 Å². The van der Waals surface area contributed by atoms with E-state index >= 15 is 0 Å². The molecule has 0 aliphatic carbocycles. The fraction of sp³-hybridized carbons (Fsp3) is 0.611. The summed E-state index contributed by atoms with van der Waals surface area (Å²) >= 11 is 6.09. The first-order chi connectivity index (χ1) is 12.6. The number of rotatable bonds is 8. The van der Waals surface area contributed by atoms with Crippen LogP contribution in [0.4, 0.5) is 18.9 Å². The van der Waals surface area contributed by atoms with Gasteiger partial charge in [-0.2, -0.15) is 13.2 Å². The molecule has 27 heavy (non-hydrogen) atoms. The van der Waals surface area contributed by atoms with Crippen molar-refractivity contribution in [3.8, 4) is 0 Å². The fourth-order valence-electron chi connectivity index (χ4n) is 2.75. The minimum Gasteiger partial charge on any atom is -0.376 e. The molecule has 2 unspecified atom stereocenters. The summed E-state index contributed by atoms with van der Waals surface area (Å²) in [6.07, 6.45) is -4.51. The first kappa shape index (κ1) is 21.9. The molecule has 152 valence electrons. The van der Waals surface area contributed by atoms with Gasteiger partial charge in [0.15, 0.2) is 5.79 Å². The smallest absolute Gasteiger partial charge is 0.376 e. The molecule has 1 aromatic rings. The minimum absolute atomic E-state index is 0.0151. The molecule has 0 radical (unpaired) electrons. The molecule has 9 heteroatoms. The van der Waals surface area contributed by atoms with Crippen molar-refractivity contribution in [2.45, 2.75) is 51.2 Å². The van der Waals surface area contributed by atoms with E-state index in [-0.39, 0.29) is 17.7 Å². The maximum Gasteiger partial charge on any atom is 0.394 e. The Labute approximate surface area is 161 Å². The van der Waals surface area contributed by atoms with Gasteiger partial charge in [0.2, 0.25) is 5.91 Å². The van der Waals surface area contributed by atoms with Crippen LogP contribution >= 0.6 is 11.6 Å². The Bertz CT molecular complexity index is 637. The van der Waals surface area contributed by atoms with Gasteiger partial charge in [0, 0.05) is 13.5 Å². The number of hydrogen-bond acceptors (Lipinski definition) is 4. The number of benzene rings is 1. The number of anilines is 1. The third-order valence-electron chi connectivity index (χ3n) is 4.14. The molecule has 5 nitrogen and oxygen atoms in total. The maximum absolute atomic E-state index is 13.0. The summed E-state index contributed by atoms with van der Waals surface area (Å²) in [5.41, 5.74) is 0.347. The SMILES string of the molecule is CC(=O)N(COC(C)(CC(F)(F)F)OCC1CCCO1)c1ccccc1Cl. The zero-order valence-electron chi connectivity index (χ0n) is 15.2. The highest BCUT2D eigenvalue weighted by atomic mass is 35.5. The molecule has 1 aliphatic heterocycles. The number of carbonyl (C=O) groups excluding carboxylic acids is 1. The average molecular weight is 410 g/mol. The molecule has 1 amide bonds. The van der Waals surface area contributed by atoms with Crippen LogP contribution in [0.15, 0.2) is 24.3 Å². The van der Waals surface area contributed by atoms with E-state index in [1.807, 2.05) is 0 Å². The largest absolute Gasteiger partial charge is 0.394 e. The zero-order chi connectivity index (χ0) is 20.1. The van der Waals surface area contributed by atoms with Gasteiger partial charge in [0.1, 0.15) is 6.73 Å². The van der Waals surface area contributed by atoms with Crippen LogP contribution in [-0.2, 0) is 19.0 Å². The Balaban J connectivity index is 2.09. The van der Waals surface area contributed by atoms with Crippen LogP contribution in [0.5, 0.6) is 0 Å². The number of halogens is 4. The number of hydrogen-bond donors (Lipinski definition) is 0. The second-order valence-corrected chi connectivity index (χ2v) is 6.95. The number of para-hydroxylation sites is 1. The molecule has 1 fully saturated rings. The Morgan fingerprint density at radius 3 is 2.59 bits per heavy atom. The van der Waals surface area contributed by atoms with Gasteiger partial charge >= 0.3 is 6.18 Å². The van der Waals surface area contributed by atoms with E-state index in [9.17, 15) is 18.0 Å². The second-order valence-electron chi connectivity index (χ2n) is 6.54. The van der Waals surface area contributed by atoms with Crippen LogP contribution in [0.25, 0.3) is 0 Å². The third-order valence-corrected chi connectivity index (χ3v) is 4.46. The molecule has 0 bridgehead atoms. The van der Waals surface area contributed by atoms with E-state index in [0.717, 1.165) is 17.7 Å². The number of alkyl halides is 3. The molecule has 0 N–H and O–H groups in total. The van der Waals surface area contributed by atoms with Crippen molar-refractivity contribution in [3.63, 3.8) is 0 Å². The van der Waals surface area contributed by atoms with Gasteiger partial charge in [0.05, 0.1) is 29.8 Å². The molecule has 1 heterocycles. The normalized spacial score (nSPS) is 19.7. The molecular weight excluding hydrogens is 387 g/mol. The van der Waals surface area contributed by atoms with Crippen LogP contribution in [0.3, 0.4) is 0 Å². The highest BCUT2D eigenvalue weighted by Crippen LogP contribution is 2.33. The van der Waals surface area contributed by atoms with Crippen molar-refractivity contribution in [1.29, 1.82) is 0 Å². The molecule has 0 saturated carbocycles. The van der Waals surface area contributed by atoms with Crippen molar-refractivity contribution in [2.75, 3.05) is 24.8 Å². The molecular formula is C18H23ClF3NO4.